The van der Waals surface area contributed by atoms with Gasteiger partial charge in [-0.3, -0.25) is 14.4 Å². The highest BCUT2D eigenvalue weighted by atomic mass is 16.7. The van der Waals surface area contributed by atoms with Crippen LogP contribution in [0.2, 0.25) is 0 Å². The number of carbonyl (C=O) groups excluding carboxylic acids is 3. The summed E-state index contributed by atoms with van der Waals surface area (Å²) in [6.45, 7) is 2.76. The van der Waals surface area contributed by atoms with E-state index in [4.69, 9.17) is 9.47 Å². The molecule has 0 radical (unpaired) electrons. The Balaban J connectivity index is 1.25. The number of carbonyl (C=O) groups is 3. The van der Waals surface area contributed by atoms with Crippen LogP contribution in [0.4, 0.5) is 0 Å². The van der Waals surface area contributed by atoms with Crippen molar-refractivity contribution in [2.45, 2.75) is 38.1 Å². The topological polar surface area (TPSA) is 88.2 Å². The summed E-state index contributed by atoms with van der Waals surface area (Å²) >= 11 is 0. The molecule has 0 spiro atoms. The average Bonchev–Trinajstić information content (AvgIpc) is 3.59. The van der Waals surface area contributed by atoms with E-state index in [0.29, 0.717) is 49.4 Å². The molecule has 1 unspecified atom stereocenters. The number of piperidine rings is 1. The molecule has 35 heavy (non-hydrogen) atoms. The fourth-order valence-electron chi connectivity index (χ4n) is 5.14. The van der Waals surface area contributed by atoms with Crippen LogP contribution < -0.4 is 14.8 Å². The molecule has 2 aromatic rings. The van der Waals surface area contributed by atoms with E-state index < -0.39 is 6.04 Å². The van der Waals surface area contributed by atoms with Crippen molar-refractivity contribution in [3.63, 3.8) is 0 Å². The van der Waals surface area contributed by atoms with E-state index in [1.807, 2.05) is 40.1 Å². The summed E-state index contributed by atoms with van der Waals surface area (Å²) in [5.41, 5.74) is 1.43. The maximum absolute atomic E-state index is 13.4. The highest BCUT2D eigenvalue weighted by molar-refractivity contribution is 5.98. The second-order valence-corrected chi connectivity index (χ2v) is 9.43. The van der Waals surface area contributed by atoms with Gasteiger partial charge in [0.05, 0.1) is 6.42 Å². The Bertz CT molecular complexity index is 1080. The fourth-order valence-corrected chi connectivity index (χ4v) is 5.14. The lowest BCUT2D eigenvalue weighted by Gasteiger charge is -2.37. The molecule has 8 nitrogen and oxygen atoms in total. The quantitative estimate of drug-likeness (QED) is 0.691. The molecule has 2 aromatic carbocycles. The first-order chi connectivity index (χ1) is 17.1. The van der Waals surface area contributed by atoms with E-state index in [9.17, 15) is 14.4 Å². The maximum Gasteiger partial charge on any atom is 0.252 e. The Morgan fingerprint density at radius 1 is 0.886 bits per heavy atom. The maximum atomic E-state index is 13.4. The van der Waals surface area contributed by atoms with Gasteiger partial charge in [-0.2, -0.15) is 0 Å². The summed E-state index contributed by atoms with van der Waals surface area (Å²) in [6.07, 6.45) is 3.70. The average molecular weight is 478 g/mol. The standard InChI is InChI=1S/C27H31N3O5/c31-24(16-19-6-2-1-3-7-19)29-14-10-20(11-15-29)25(27(33)30-12-4-5-13-30)28-26(32)21-8-9-22-23(17-21)35-18-34-22/h1-3,6-9,17,20,25H,4-5,10-16,18H2,(H,28,32). The van der Waals surface area contributed by atoms with Crippen molar-refractivity contribution >= 4 is 17.7 Å². The van der Waals surface area contributed by atoms with Gasteiger partial charge in [-0.15, -0.1) is 0 Å². The Morgan fingerprint density at radius 2 is 1.60 bits per heavy atom. The monoisotopic (exact) mass is 477 g/mol. The minimum Gasteiger partial charge on any atom is -0.454 e. The van der Waals surface area contributed by atoms with Gasteiger partial charge >= 0.3 is 0 Å². The predicted octanol–water partition coefficient (Wildman–Crippen LogP) is 2.62. The number of likely N-dealkylation sites (tertiary alicyclic amines) is 2. The highest BCUT2D eigenvalue weighted by Crippen LogP contribution is 2.32. The zero-order valence-corrected chi connectivity index (χ0v) is 19.8. The molecule has 0 aromatic heterocycles. The predicted molar refractivity (Wildman–Crippen MR) is 129 cm³/mol. The molecule has 3 aliphatic rings. The molecule has 2 fully saturated rings. The van der Waals surface area contributed by atoms with E-state index in [2.05, 4.69) is 5.32 Å². The van der Waals surface area contributed by atoms with Crippen LogP contribution in [-0.4, -0.2) is 66.5 Å². The lowest BCUT2D eigenvalue weighted by Crippen LogP contribution is -2.54. The Morgan fingerprint density at radius 3 is 2.34 bits per heavy atom. The van der Waals surface area contributed by atoms with E-state index in [1.165, 1.54) is 0 Å². The highest BCUT2D eigenvalue weighted by Gasteiger charge is 2.37. The molecule has 1 N–H and O–H groups in total. The second kappa shape index (κ2) is 10.4. The van der Waals surface area contributed by atoms with Gasteiger partial charge in [0.2, 0.25) is 18.6 Å². The van der Waals surface area contributed by atoms with Gasteiger partial charge in [-0.25, -0.2) is 0 Å². The van der Waals surface area contributed by atoms with Crippen LogP contribution in [0, 0.1) is 5.92 Å². The summed E-state index contributed by atoms with van der Waals surface area (Å²) < 4.78 is 10.7. The molecule has 0 saturated carbocycles. The number of hydrogen-bond donors (Lipinski definition) is 1. The van der Waals surface area contributed by atoms with Crippen LogP contribution >= 0.6 is 0 Å². The first-order valence-electron chi connectivity index (χ1n) is 12.4. The molecule has 5 rings (SSSR count). The molecule has 0 aliphatic carbocycles. The Labute approximate surface area is 205 Å². The molecule has 2 saturated heterocycles. The van der Waals surface area contributed by atoms with Crippen molar-refractivity contribution in [1.82, 2.24) is 15.1 Å². The number of benzene rings is 2. The third-order valence-corrected chi connectivity index (χ3v) is 7.17. The van der Waals surface area contributed by atoms with Gasteiger partial charge in [0.1, 0.15) is 6.04 Å². The summed E-state index contributed by atoms with van der Waals surface area (Å²) in [7, 11) is 0. The van der Waals surface area contributed by atoms with Gasteiger partial charge in [0, 0.05) is 31.7 Å². The van der Waals surface area contributed by atoms with Crippen molar-refractivity contribution in [1.29, 1.82) is 0 Å². The number of fused-ring (bicyclic) bond motifs is 1. The van der Waals surface area contributed by atoms with E-state index >= 15 is 0 Å². The molecule has 1 atom stereocenters. The number of ether oxygens (including phenoxy) is 2. The smallest absolute Gasteiger partial charge is 0.252 e. The molecular formula is C27H31N3O5. The largest absolute Gasteiger partial charge is 0.454 e. The molecule has 0 bridgehead atoms. The van der Waals surface area contributed by atoms with E-state index in [-0.39, 0.29) is 30.4 Å². The molecule has 184 valence electrons. The molecule has 8 heteroatoms. The van der Waals surface area contributed by atoms with Gasteiger partial charge in [-0.1, -0.05) is 30.3 Å². The minimum atomic E-state index is -0.614. The molecule has 3 amide bonds. The van der Waals surface area contributed by atoms with Crippen LogP contribution in [0.15, 0.2) is 48.5 Å². The van der Waals surface area contributed by atoms with E-state index in [0.717, 1.165) is 31.5 Å². The molecule has 3 heterocycles. The number of amides is 3. The van der Waals surface area contributed by atoms with Gasteiger partial charge in [0.25, 0.3) is 5.91 Å². The van der Waals surface area contributed by atoms with Crippen molar-refractivity contribution in [2.75, 3.05) is 33.0 Å². The van der Waals surface area contributed by atoms with Gasteiger partial charge in [-0.05, 0) is 55.4 Å². The third-order valence-electron chi connectivity index (χ3n) is 7.17. The van der Waals surface area contributed by atoms with Crippen molar-refractivity contribution in [3.8, 4) is 11.5 Å². The number of nitrogens with one attached hydrogen (secondary N) is 1. The fraction of sp³-hybridized carbons (Fsp3) is 0.444. The zero-order valence-electron chi connectivity index (χ0n) is 19.8. The molecule has 3 aliphatic heterocycles. The van der Waals surface area contributed by atoms with Crippen LogP contribution in [-0.2, 0) is 16.0 Å². The van der Waals surface area contributed by atoms with E-state index in [1.54, 1.807) is 18.2 Å². The van der Waals surface area contributed by atoms with Crippen molar-refractivity contribution in [3.05, 3.63) is 59.7 Å². The SMILES string of the molecule is O=C(NC(C(=O)N1CCCC1)C1CCN(C(=O)Cc2ccccc2)CC1)c1ccc2c(c1)OCO2. The number of rotatable bonds is 6. The van der Waals surface area contributed by atoms with Crippen LogP contribution in [0.5, 0.6) is 11.5 Å². The first-order valence-corrected chi connectivity index (χ1v) is 12.4. The van der Waals surface area contributed by atoms with Gasteiger partial charge in [0.15, 0.2) is 11.5 Å². The summed E-state index contributed by atoms with van der Waals surface area (Å²) in [6, 6.07) is 14.2. The third kappa shape index (κ3) is 5.26. The number of nitrogens with zero attached hydrogens (tertiary/aromatic N) is 2. The van der Waals surface area contributed by atoms with Gasteiger partial charge < -0.3 is 24.6 Å². The summed E-state index contributed by atoms with van der Waals surface area (Å²) in [5, 5.41) is 3.02. The summed E-state index contributed by atoms with van der Waals surface area (Å²) in [4.78, 5) is 43.1. The lowest BCUT2D eigenvalue weighted by atomic mass is 9.88. The normalized spacial score (nSPS) is 18.4. The molecular weight excluding hydrogens is 446 g/mol. The Kier molecular flexibility index (Phi) is 6.88. The van der Waals surface area contributed by atoms with Crippen LogP contribution in [0.1, 0.15) is 41.6 Å². The lowest BCUT2D eigenvalue weighted by molar-refractivity contribution is -0.135. The zero-order chi connectivity index (χ0) is 24.2. The minimum absolute atomic E-state index is 0.0225. The van der Waals surface area contributed by atoms with Crippen LogP contribution in [0.3, 0.4) is 0 Å². The first kappa shape index (κ1) is 23.2. The van der Waals surface area contributed by atoms with Crippen molar-refractivity contribution in [2.24, 2.45) is 5.92 Å². The van der Waals surface area contributed by atoms with Crippen molar-refractivity contribution < 1.29 is 23.9 Å². The Hall–Kier alpha value is -3.55. The number of hydrogen-bond acceptors (Lipinski definition) is 5. The second-order valence-electron chi connectivity index (χ2n) is 9.43. The van der Waals surface area contributed by atoms with Crippen LogP contribution in [0.25, 0.3) is 0 Å². The summed E-state index contributed by atoms with van der Waals surface area (Å²) in [5.74, 6) is 0.890.